The van der Waals surface area contributed by atoms with Crippen molar-refractivity contribution in [1.82, 2.24) is 14.5 Å². The number of benzene rings is 2. The van der Waals surface area contributed by atoms with E-state index in [0.29, 0.717) is 37.6 Å². The van der Waals surface area contributed by atoms with E-state index in [1.54, 1.807) is 45.4 Å². The highest BCUT2D eigenvalue weighted by Gasteiger charge is 2.27. The lowest BCUT2D eigenvalue weighted by atomic mass is 9.96. The number of aromatic nitrogens is 3. The highest BCUT2D eigenvalue weighted by Crippen LogP contribution is 2.35. The topological polar surface area (TPSA) is 90.1 Å². The fraction of sp³-hybridized carbons (Fsp3) is 0.333. The molecule has 2 aromatic heterocycles. The Labute approximate surface area is 235 Å². The van der Waals surface area contributed by atoms with Crippen LogP contribution in [0.3, 0.4) is 0 Å². The highest BCUT2D eigenvalue weighted by atomic mass is 19.3. The Morgan fingerprint density at radius 1 is 1.00 bits per heavy atom. The summed E-state index contributed by atoms with van der Waals surface area (Å²) in [5.41, 5.74) is 1.71. The van der Waals surface area contributed by atoms with E-state index < -0.39 is 18.3 Å². The van der Waals surface area contributed by atoms with Crippen LogP contribution in [0.4, 0.5) is 30.4 Å². The van der Waals surface area contributed by atoms with Crippen molar-refractivity contribution in [2.75, 3.05) is 41.3 Å². The van der Waals surface area contributed by atoms with Crippen molar-refractivity contribution in [2.24, 2.45) is 7.05 Å². The summed E-state index contributed by atoms with van der Waals surface area (Å²) in [4.78, 5) is 26.0. The van der Waals surface area contributed by atoms with E-state index in [2.05, 4.69) is 20.2 Å². The Kier molecular flexibility index (Phi) is 7.58. The van der Waals surface area contributed by atoms with Crippen LogP contribution in [0.25, 0.3) is 10.8 Å². The standard InChI is InChI=1S/C30H30F3N7O/c1-17-11-22(18(2)37-25-6-5-20(14-34)13-23(25)28(32)33)26-24(12-17)30(41)38(4)29(27(26)31)40-9-7-39(8-10-40)21-15-35-19(3)36-16-21/h5-6,11-13,15-16,18,28,37H,7-10H2,1-4H3/t18-/m1/s1. The summed E-state index contributed by atoms with van der Waals surface area (Å²) in [6.45, 7) is 7.49. The van der Waals surface area contributed by atoms with E-state index in [9.17, 15) is 13.6 Å². The Hall–Kier alpha value is -4.59. The van der Waals surface area contributed by atoms with E-state index in [4.69, 9.17) is 5.26 Å². The van der Waals surface area contributed by atoms with Gasteiger partial charge < -0.3 is 15.1 Å². The van der Waals surface area contributed by atoms with Crippen LogP contribution in [-0.4, -0.2) is 40.7 Å². The maximum atomic E-state index is 16.5. The molecule has 4 aromatic rings. The van der Waals surface area contributed by atoms with Crippen molar-refractivity contribution in [3.63, 3.8) is 0 Å². The molecule has 11 heteroatoms. The molecular weight excluding hydrogens is 531 g/mol. The van der Waals surface area contributed by atoms with Gasteiger partial charge in [-0.1, -0.05) is 6.07 Å². The Bertz CT molecular complexity index is 1710. The van der Waals surface area contributed by atoms with Crippen LogP contribution < -0.4 is 20.7 Å². The van der Waals surface area contributed by atoms with Gasteiger partial charge in [-0.15, -0.1) is 0 Å². The molecule has 1 aliphatic heterocycles. The van der Waals surface area contributed by atoms with Gasteiger partial charge in [0.15, 0.2) is 5.82 Å². The quantitative estimate of drug-likeness (QED) is 0.338. The third-order valence-corrected chi connectivity index (χ3v) is 7.55. The first-order valence-corrected chi connectivity index (χ1v) is 13.3. The molecule has 0 aliphatic carbocycles. The maximum absolute atomic E-state index is 16.5. The first-order valence-electron chi connectivity index (χ1n) is 13.3. The number of piperazine rings is 1. The SMILES string of the molecule is Cc1cc([C@@H](C)Nc2ccc(C#N)cc2C(F)F)c2c(F)c(N3CCN(c4cnc(C)nc4)CC3)n(C)c(=O)c2c1. The molecule has 0 saturated carbocycles. The van der Waals surface area contributed by atoms with Gasteiger partial charge in [-0.25, -0.2) is 23.1 Å². The van der Waals surface area contributed by atoms with E-state index >= 15 is 4.39 Å². The summed E-state index contributed by atoms with van der Waals surface area (Å²) in [7, 11) is 1.57. The minimum atomic E-state index is -2.81. The monoisotopic (exact) mass is 561 g/mol. The fourth-order valence-electron chi connectivity index (χ4n) is 5.44. The van der Waals surface area contributed by atoms with Crippen LogP contribution in [0.2, 0.25) is 0 Å². The molecule has 0 bridgehead atoms. The number of rotatable bonds is 6. The van der Waals surface area contributed by atoms with Crippen LogP contribution in [-0.2, 0) is 7.05 Å². The lowest BCUT2D eigenvalue weighted by Crippen LogP contribution is -2.48. The third kappa shape index (κ3) is 5.29. The zero-order valence-electron chi connectivity index (χ0n) is 23.3. The van der Waals surface area contributed by atoms with Crippen LogP contribution in [0.1, 0.15) is 47.5 Å². The van der Waals surface area contributed by atoms with E-state index in [0.717, 1.165) is 17.3 Å². The number of nitrogens with one attached hydrogen (secondary N) is 1. The number of hydrogen-bond donors (Lipinski definition) is 1. The largest absolute Gasteiger partial charge is 0.378 e. The molecule has 1 atom stereocenters. The lowest BCUT2D eigenvalue weighted by Gasteiger charge is -2.37. The second-order valence-electron chi connectivity index (χ2n) is 10.3. The van der Waals surface area contributed by atoms with E-state index in [1.165, 1.54) is 16.7 Å². The molecule has 1 saturated heterocycles. The maximum Gasteiger partial charge on any atom is 0.265 e. The van der Waals surface area contributed by atoms with Gasteiger partial charge in [-0.2, -0.15) is 5.26 Å². The van der Waals surface area contributed by atoms with Gasteiger partial charge in [0.1, 0.15) is 11.6 Å². The van der Waals surface area contributed by atoms with Crippen molar-refractivity contribution in [3.05, 3.63) is 87.0 Å². The molecule has 1 N–H and O–H groups in total. The highest BCUT2D eigenvalue weighted by molar-refractivity contribution is 5.89. The predicted molar refractivity (Wildman–Crippen MR) is 153 cm³/mol. The van der Waals surface area contributed by atoms with Crippen LogP contribution in [0, 0.1) is 31.0 Å². The average molecular weight is 562 g/mol. The third-order valence-electron chi connectivity index (χ3n) is 7.55. The molecule has 5 rings (SSSR count). The first-order chi connectivity index (χ1) is 19.6. The van der Waals surface area contributed by atoms with Crippen molar-refractivity contribution in [1.29, 1.82) is 5.26 Å². The number of nitrogens with zero attached hydrogens (tertiary/aromatic N) is 6. The van der Waals surface area contributed by atoms with Gasteiger partial charge in [0, 0.05) is 55.9 Å². The Morgan fingerprint density at radius 2 is 1.66 bits per heavy atom. The van der Waals surface area contributed by atoms with Crippen LogP contribution in [0.15, 0.2) is 47.5 Å². The fourth-order valence-corrected chi connectivity index (χ4v) is 5.44. The van der Waals surface area contributed by atoms with E-state index in [-0.39, 0.29) is 39.0 Å². The van der Waals surface area contributed by atoms with Crippen molar-refractivity contribution >= 4 is 28.0 Å². The zero-order chi connectivity index (χ0) is 29.4. The number of fused-ring (bicyclic) bond motifs is 1. The molecule has 0 unspecified atom stereocenters. The molecule has 212 valence electrons. The van der Waals surface area contributed by atoms with Crippen molar-refractivity contribution in [3.8, 4) is 6.07 Å². The van der Waals surface area contributed by atoms with Gasteiger partial charge in [0.2, 0.25) is 0 Å². The normalized spacial score (nSPS) is 14.4. The number of anilines is 3. The summed E-state index contributed by atoms with van der Waals surface area (Å²) < 4.78 is 45.5. The van der Waals surface area contributed by atoms with Crippen LogP contribution >= 0.6 is 0 Å². The van der Waals surface area contributed by atoms with Gasteiger partial charge in [-0.05, 0) is 56.2 Å². The van der Waals surface area contributed by atoms with Crippen molar-refractivity contribution in [2.45, 2.75) is 33.2 Å². The minimum absolute atomic E-state index is 0.119. The average Bonchev–Trinajstić information content (AvgIpc) is 2.96. The molecule has 1 fully saturated rings. The molecule has 8 nitrogen and oxygen atoms in total. The number of alkyl halides is 2. The molecule has 3 heterocycles. The number of hydrogen-bond acceptors (Lipinski definition) is 7. The molecule has 0 amide bonds. The smallest absolute Gasteiger partial charge is 0.265 e. The summed E-state index contributed by atoms with van der Waals surface area (Å²) >= 11 is 0. The van der Waals surface area contributed by atoms with Crippen LogP contribution in [0.5, 0.6) is 0 Å². The Morgan fingerprint density at radius 3 is 2.29 bits per heavy atom. The second-order valence-corrected chi connectivity index (χ2v) is 10.3. The molecule has 2 aromatic carbocycles. The van der Waals surface area contributed by atoms with Gasteiger partial charge >= 0.3 is 0 Å². The zero-order valence-corrected chi connectivity index (χ0v) is 23.3. The summed E-state index contributed by atoms with van der Waals surface area (Å²) in [5, 5.41) is 12.6. The number of aryl methyl sites for hydroxylation is 2. The van der Waals surface area contributed by atoms with Gasteiger partial charge in [-0.3, -0.25) is 9.36 Å². The minimum Gasteiger partial charge on any atom is -0.378 e. The lowest BCUT2D eigenvalue weighted by molar-refractivity contribution is 0.152. The predicted octanol–water partition coefficient (Wildman–Crippen LogP) is 5.39. The number of halogens is 3. The van der Waals surface area contributed by atoms with E-state index in [1.807, 2.05) is 17.9 Å². The molecular formula is C30H30F3N7O. The van der Waals surface area contributed by atoms with Crippen molar-refractivity contribution < 1.29 is 13.2 Å². The molecule has 1 aliphatic rings. The number of pyridine rings is 1. The Balaban J connectivity index is 1.53. The number of nitriles is 1. The summed E-state index contributed by atoms with van der Waals surface area (Å²) in [6.07, 6.45) is 0.717. The first kappa shape index (κ1) is 28.0. The summed E-state index contributed by atoms with van der Waals surface area (Å²) in [6, 6.07) is 8.69. The molecule has 41 heavy (non-hydrogen) atoms. The second kappa shape index (κ2) is 11.1. The molecule has 0 radical (unpaired) electrons. The molecule has 0 spiro atoms. The van der Waals surface area contributed by atoms with Gasteiger partial charge in [0.05, 0.1) is 35.1 Å². The van der Waals surface area contributed by atoms with Gasteiger partial charge in [0.25, 0.3) is 12.0 Å². The summed E-state index contributed by atoms with van der Waals surface area (Å²) in [5.74, 6) is 0.332.